The van der Waals surface area contributed by atoms with E-state index in [1.807, 2.05) is 0 Å². The van der Waals surface area contributed by atoms with Crippen molar-refractivity contribution >= 4 is 5.78 Å². The highest BCUT2D eigenvalue weighted by atomic mass is 16.1. The van der Waals surface area contributed by atoms with Crippen LogP contribution >= 0.6 is 0 Å². The van der Waals surface area contributed by atoms with E-state index < -0.39 is 0 Å². The number of fused-ring (bicyclic) bond motifs is 1. The van der Waals surface area contributed by atoms with Gasteiger partial charge in [-0.1, -0.05) is 0 Å². The van der Waals surface area contributed by atoms with Gasteiger partial charge in [0.15, 0.2) is 5.78 Å². The fraction of sp³-hybridized carbons (Fsp3) is 0.375. The van der Waals surface area contributed by atoms with Crippen molar-refractivity contribution in [2.45, 2.75) is 19.3 Å². The molecular formula is C8H8N2O. The van der Waals surface area contributed by atoms with Gasteiger partial charge in [-0.2, -0.15) is 0 Å². The number of carbonyl (C=O) groups excluding carboxylic acids is 1. The number of hydrogen-bond acceptors (Lipinski definition) is 3. The second-order valence-corrected chi connectivity index (χ2v) is 2.67. The Kier molecular flexibility index (Phi) is 1.42. The molecule has 1 aromatic rings. The SMILES string of the molecule is O=C1CCCc2cncnc21. The highest BCUT2D eigenvalue weighted by Gasteiger charge is 2.17. The predicted molar refractivity (Wildman–Crippen MR) is 39.3 cm³/mol. The maximum Gasteiger partial charge on any atom is 0.181 e. The van der Waals surface area contributed by atoms with Crippen molar-refractivity contribution in [2.75, 3.05) is 0 Å². The number of carbonyl (C=O) groups is 1. The van der Waals surface area contributed by atoms with Crippen molar-refractivity contribution in [3.63, 3.8) is 0 Å². The smallest absolute Gasteiger partial charge is 0.181 e. The molecule has 0 unspecified atom stereocenters. The lowest BCUT2D eigenvalue weighted by Crippen LogP contribution is -2.12. The third-order valence-electron chi connectivity index (χ3n) is 1.90. The van der Waals surface area contributed by atoms with Crippen LogP contribution in [0.25, 0.3) is 0 Å². The molecule has 3 nitrogen and oxygen atoms in total. The Morgan fingerprint density at radius 2 is 2.27 bits per heavy atom. The Hall–Kier alpha value is -1.25. The lowest BCUT2D eigenvalue weighted by molar-refractivity contribution is 0.0967. The summed E-state index contributed by atoms with van der Waals surface area (Å²) in [5.41, 5.74) is 1.63. The molecule has 3 heteroatoms. The Morgan fingerprint density at radius 3 is 3.09 bits per heavy atom. The zero-order valence-electron chi connectivity index (χ0n) is 6.08. The Bertz CT molecular complexity index is 296. The first-order valence-electron chi connectivity index (χ1n) is 3.70. The summed E-state index contributed by atoms with van der Waals surface area (Å²) in [4.78, 5) is 19.0. The van der Waals surface area contributed by atoms with E-state index in [1.165, 1.54) is 6.33 Å². The van der Waals surface area contributed by atoms with E-state index in [4.69, 9.17) is 0 Å². The minimum atomic E-state index is 0.161. The van der Waals surface area contributed by atoms with Crippen LogP contribution in [0.5, 0.6) is 0 Å². The molecule has 0 fully saturated rings. The van der Waals surface area contributed by atoms with E-state index in [0.29, 0.717) is 12.1 Å². The number of hydrogen-bond donors (Lipinski definition) is 0. The molecule has 0 saturated carbocycles. The molecule has 11 heavy (non-hydrogen) atoms. The summed E-state index contributed by atoms with van der Waals surface area (Å²) in [7, 11) is 0. The van der Waals surface area contributed by atoms with Crippen molar-refractivity contribution in [3.05, 3.63) is 23.8 Å². The van der Waals surface area contributed by atoms with Gasteiger partial charge in [-0.25, -0.2) is 9.97 Å². The van der Waals surface area contributed by atoms with E-state index in [0.717, 1.165) is 18.4 Å². The maximum atomic E-state index is 11.2. The third kappa shape index (κ3) is 1.02. The number of aryl methyl sites for hydroxylation is 1. The predicted octanol–water partition coefficient (Wildman–Crippen LogP) is 0.996. The van der Waals surface area contributed by atoms with Crippen LogP contribution in [0, 0.1) is 0 Å². The van der Waals surface area contributed by atoms with E-state index >= 15 is 0 Å². The van der Waals surface area contributed by atoms with E-state index in [9.17, 15) is 4.79 Å². The lowest BCUT2D eigenvalue weighted by Gasteiger charge is -2.10. The molecule has 1 aliphatic rings. The summed E-state index contributed by atoms with van der Waals surface area (Å²) in [6.07, 6.45) is 5.70. The summed E-state index contributed by atoms with van der Waals surface area (Å²) in [6, 6.07) is 0. The summed E-state index contributed by atoms with van der Waals surface area (Å²) < 4.78 is 0. The molecule has 2 rings (SSSR count). The first-order chi connectivity index (χ1) is 5.38. The van der Waals surface area contributed by atoms with Gasteiger partial charge in [0, 0.05) is 12.6 Å². The van der Waals surface area contributed by atoms with Gasteiger partial charge in [0.05, 0.1) is 0 Å². The Balaban J connectivity index is 2.52. The van der Waals surface area contributed by atoms with Crippen molar-refractivity contribution in [2.24, 2.45) is 0 Å². The topological polar surface area (TPSA) is 42.9 Å². The van der Waals surface area contributed by atoms with E-state index in [1.54, 1.807) is 6.20 Å². The van der Waals surface area contributed by atoms with Gasteiger partial charge in [0.2, 0.25) is 0 Å². The van der Waals surface area contributed by atoms with Gasteiger partial charge in [-0.05, 0) is 18.4 Å². The first kappa shape index (κ1) is 6.46. The highest BCUT2D eigenvalue weighted by Crippen LogP contribution is 2.16. The van der Waals surface area contributed by atoms with Gasteiger partial charge in [0.25, 0.3) is 0 Å². The summed E-state index contributed by atoms with van der Waals surface area (Å²) >= 11 is 0. The average molecular weight is 148 g/mol. The molecule has 1 aliphatic carbocycles. The minimum Gasteiger partial charge on any atom is -0.292 e. The molecule has 0 radical (unpaired) electrons. The second kappa shape index (κ2) is 2.42. The normalized spacial score (nSPS) is 16.2. The lowest BCUT2D eigenvalue weighted by atomic mass is 9.97. The van der Waals surface area contributed by atoms with Crippen LogP contribution < -0.4 is 0 Å². The second-order valence-electron chi connectivity index (χ2n) is 2.67. The first-order valence-corrected chi connectivity index (χ1v) is 3.70. The van der Waals surface area contributed by atoms with Crippen molar-refractivity contribution in [1.29, 1.82) is 0 Å². The zero-order valence-corrected chi connectivity index (χ0v) is 6.08. The molecular weight excluding hydrogens is 140 g/mol. The van der Waals surface area contributed by atoms with Crippen LogP contribution in [0.1, 0.15) is 28.9 Å². The van der Waals surface area contributed by atoms with Crippen LogP contribution in [0.4, 0.5) is 0 Å². The molecule has 0 bridgehead atoms. The summed E-state index contributed by atoms with van der Waals surface area (Å²) in [6.45, 7) is 0. The minimum absolute atomic E-state index is 0.161. The molecule has 0 aromatic carbocycles. The fourth-order valence-corrected chi connectivity index (χ4v) is 1.35. The van der Waals surface area contributed by atoms with Crippen LogP contribution in [-0.4, -0.2) is 15.8 Å². The number of Topliss-reactive ketones (excluding diaryl/α,β-unsaturated/α-hetero) is 1. The largest absolute Gasteiger partial charge is 0.292 e. The van der Waals surface area contributed by atoms with Crippen LogP contribution in [0.3, 0.4) is 0 Å². The van der Waals surface area contributed by atoms with Crippen LogP contribution in [-0.2, 0) is 6.42 Å². The Morgan fingerprint density at radius 1 is 1.36 bits per heavy atom. The van der Waals surface area contributed by atoms with Gasteiger partial charge in [0.1, 0.15) is 12.0 Å². The summed E-state index contributed by atoms with van der Waals surface area (Å²) in [5.74, 6) is 0.161. The van der Waals surface area contributed by atoms with Gasteiger partial charge >= 0.3 is 0 Å². The van der Waals surface area contributed by atoms with Crippen LogP contribution in [0.2, 0.25) is 0 Å². The van der Waals surface area contributed by atoms with Crippen molar-refractivity contribution in [1.82, 2.24) is 9.97 Å². The number of aromatic nitrogens is 2. The van der Waals surface area contributed by atoms with Gasteiger partial charge in [-0.15, -0.1) is 0 Å². The monoisotopic (exact) mass is 148 g/mol. The maximum absolute atomic E-state index is 11.2. The number of nitrogens with zero attached hydrogens (tertiary/aromatic N) is 2. The summed E-state index contributed by atoms with van der Waals surface area (Å²) in [5, 5.41) is 0. The molecule has 1 aromatic heterocycles. The van der Waals surface area contributed by atoms with Gasteiger partial charge in [-0.3, -0.25) is 4.79 Å². The molecule has 0 aliphatic heterocycles. The van der Waals surface area contributed by atoms with Crippen LogP contribution in [0.15, 0.2) is 12.5 Å². The molecule has 0 spiro atoms. The highest BCUT2D eigenvalue weighted by molar-refractivity contribution is 5.96. The van der Waals surface area contributed by atoms with Crippen molar-refractivity contribution < 1.29 is 4.79 Å². The molecule has 0 atom stereocenters. The van der Waals surface area contributed by atoms with E-state index in [-0.39, 0.29) is 5.78 Å². The molecule has 0 saturated heterocycles. The number of rotatable bonds is 0. The van der Waals surface area contributed by atoms with Crippen molar-refractivity contribution in [3.8, 4) is 0 Å². The fourth-order valence-electron chi connectivity index (χ4n) is 1.35. The third-order valence-corrected chi connectivity index (χ3v) is 1.90. The molecule has 0 amide bonds. The molecule has 1 heterocycles. The Labute approximate surface area is 64.5 Å². The average Bonchev–Trinajstić information content (AvgIpc) is 2.06. The standard InChI is InChI=1S/C8H8N2O/c11-7-3-1-2-6-4-9-5-10-8(6)7/h4-5H,1-3H2. The number of ketones is 1. The molecule has 56 valence electrons. The quantitative estimate of drug-likeness (QED) is 0.551. The van der Waals surface area contributed by atoms with Gasteiger partial charge < -0.3 is 0 Å². The molecule has 0 N–H and O–H groups in total. The van der Waals surface area contributed by atoms with E-state index in [2.05, 4.69) is 9.97 Å². The zero-order chi connectivity index (χ0) is 7.68.